The van der Waals surface area contributed by atoms with Crippen molar-refractivity contribution in [2.45, 2.75) is 6.42 Å². The summed E-state index contributed by atoms with van der Waals surface area (Å²) in [6.45, 7) is 1.52. The molecule has 132 valence electrons. The van der Waals surface area contributed by atoms with E-state index in [2.05, 4.69) is 5.32 Å². The maximum absolute atomic E-state index is 14.2. The van der Waals surface area contributed by atoms with Crippen molar-refractivity contribution >= 4 is 40.6 Å². The number of nitrogens with zero attached hydrogens (tertiary/aromatic N) is 1. The number of hydrogen-bond donors (Lipinski definition) is 1. The SMILES string of the molecule is O=C(Nc1ccc(F)c(Cl)c1)c1ccc(F)c(N2CCCSCC2)c1. The van der Waals surface area contributed by atoms with Crippen molar-refractivity contribution in [3.05, 3.63) is 58.6 Å². The molecule has 1 aliphatic rings. The van der Waals surface area contributed by atoms with Crippen LogP contribution in [0.25, 0.3) is 0 Å². The Hall–Kier alpha value is -1.79. The van der Waals surface area contributed by atoms with Gasteiger partial charge in [0, 0.05) is 30.1 Å². The highest BCUT2D eigenvalue weighted by Crippen LogP contribution is 2.25. The number of rotatable bonds is 3. The van der Waals surface area contributed by atoms with Crippen molar-refractivity contribution in [3.63, 3.8) is 0 Å². The topological polar surface area (TPSA) is 32.3 Å². The van der Waals surface area contributed by atoms with Crippen molar-refractivity contribution < 1.29 is 13.6 Å². The lowest BCUT2D eigenvalue weighted by Gasteiger charge is -2.23. The van der Waals surface area contributed by atoms with Crippen LogP contribution in [-0.4, -0.2) is 30.5 Å². The molecular formula is C18H17ClF2N2OS. The average Bonchev–Trinajstić information content (AvgIpc) is 2.88. The summed E-state index contributed by atoms with van der Waals surface area (Å²) in [5, 5.41) is 2.58. The fourth-order valence-corrected chi connectivity index (χ4v) is 3.73. The second-order valence-corrected chi connectivity index (χ2v) is 7.33. The smallest absolute Gasteiger partial charge is 0.255 e. The van der Waals surface area contributed by atoms with E-state index in [9.17, 15) is 13.6 Å². The summed E-state index contributed by atoms with van der Waals surface area (Å²) >= 11 is 7.57. The lowest BCUT2D eigenvalue weighted by atomic mass is 10.1. The molecule has 0 radical (unpaired) electrons. The molecule has 7 heteroatoms. The summed E-state index contributed by atoms with van der Waals surface area (Å²) in [6.07, 6.45) is 0.981. The van der Waals surface area contributed by atoms with Crippen LogP contribution in [0.4, 0.5) is 20.2 Å². The maximum Gasteiger partial charge on any atom is 0.255 e. The van der Waals surface area contributed by atoms with Crippen LogP contribution in [0, 0.1) is 11.6 Å². The second-order valence-electron chi connectivity index (χ2n) is 5.70. The highest BCUT2D eigenvalue weighted by molar-refractivity contribution is 7.99. The van der Waals surface area contributed by atoms with Gasteiger partial charge in [-0.1, -0.05) is 11.6 Å². The van der Waals surface area contributed by atoms with Crippen LogP contribution in [-0.2, 0) is 0 Å². The Morgan fingerprint density at radius 3 is 2.68 bits per heavy atom. The molecule has 1 N–H and O–H groups in total. The minimum absolute atomic E-state index is 0.0698. The number of benzene rings is 2. The first-order chi connectivity index (χ1) is 12.0. The van der Waals surface area contributed by atoms with Crippen LogP contribution in [0.3, 0.4) is 0 Å². The van der Waals surface area contributed by atoms with Gasteiger partial charge in [-0.3, -0.25) is 4.79 Å². The summed E-state index contributed by atoms with van der Waals surface area (Å²) in [7, 11) is 0. The molecule has 0 aliphatic carbocycles. The molecule has 0 atom stereocenters. The third kappa shape index (κ3) is 4.44. The molecule has 2 aromatic rings. The fourth-order valence-electron chi connectivity index (χ4n) is 2.66. The molecule has 1 heterocycles. The number of thioether (sulfide) groups is 1. The first kappa shape index (κ1) is 18.0. The highest BCUT2D eigenvalue weighted by Gasteiger charge is 2.17. The second kappa shape index (κ2) is 8.06. The summed E-state index contributed by atoms with van der Waals surface area (Å²) < 4.78 is 27.4. The molecule has 0 aromatic heterocycles. The summed E-state index contributed by atoms with van der Waals surface area (Å²) in [5.74, 6) is 0.706. The van der Waals surface area contributed by atoms with Crippen LogP contribution in [0.1, 0.15) is 16.8 Å². The van der Waals surface area contributed by atoms with E-state index in [1.807, 2.05) is 16.7 Å². The number of anilines is 2. The van der Waals surface area contributed by atoms with Crippen LogP contribution < -0.4 is 10.2 Å². The molecule has 0 unspecified atom stereocenters. The van der Waals surface area contributed by atoms with Crippen LogP contribution in [0.2, 0.25) is 5.02 Å². The van der Waals surface area contributed by atoms with Gasteiger partial charge in [0.2, 0.25) is 0 Å². The zero-order chi connectivity index (χ0) is 17.8. The molecule has 1 saturated heterocycles. The number of carbonyl (C=O) groups excluding carboxylic acids is 1. The Bertz CT molecular complexity index is 780. The van der Waals surface area contributed by atoms with Gasteiger partial charge in [-0.15, -0.1) is 0 Å². The van der Waals surface area contributed by atoms with Gasteiger partial charge in [0.05, 0.1) is 10.7 Å². The number of amides is 1. The van der Waals surface area contributed by atoms with Crippen molar-refractivity contribution in [2.24, 2.45) is 0 Å². The van der Waals surface area contributed by atoms with E-state index < -0.39 is 11.7 Å². The van der Waals surface area contributed by atoms with Gasteiger partial charge in [0.25, 0.3) is 5.91 Å². The van der Waals surface area contributed by atoms with Gasteiger partial charge >= 0.3 is 0 Å². The lowest BCUT2D eigenvalue weighted by Crippen LogP contribution is -2.27. The Morgan fingerprint density at radius 2 is 1.88 bits per heavy atom. The Morgan fingerprint density at radius 1 is 1.08 bits per heavy atom. The van der Waals surface area contributed by atoms with Gasteiger partial charge in [-0.25, -0.2) is 8.78 Å². The van der Waals surface area contributed by atoms with E-state index in [1.165, 1.54) is 30.3 Å². The van der Waals surface area contributed by atoms with E-state index in [1.54, 1.807) is 6.07 Å². The summed E-state index contributed by atoms with van der Waals surface area (Å²) in [6, 6.07) is 8.25. The highest BCUT2D eigenvalue weighted by atomic mass is 35.5. The fraction of sp³-hybridized carbons (Fsp3) is 0.278. The quantitative estimate of drug-likeness (QED) is 0.826. The zero-order valence-corrected chi connectivity index (χ0v) is 15.0. The molecule has 1 fully saturated rings. The molecular weight excluding hydrogens is 366 g/mol. The van der Waals surface area contributed by atoms with Gasteiger partial charge < -0.3 is 10.2 Å². The number of nitrogens with one attached hydrogen (secondary N) is 1. The predicted molar refractivity (Wildman–Crippen MR) is 99.9 cm³/mol. The van der Waals surface area contributed by atoms with Crippen LogP contribution >= 0.6 is 23.4 Å². The lowest BCUT2D eigenvalue weighted by molar-refractivity contribution is 0.102. The van der Waals surface area contributed by atoms with Crippen LogP contribution in [0.5, 0.6) is 0 Å². The van der Waals surface area contributed by atoms with Crippen molar-refractivity contribution in [3.8, 4) is 0 Å². The number of hydrogen-bond acceptors (Lipinski definition) is 3. The monoisotopic (exact) mass is 382 g/mol. The molecule has 0 saturated carbocycles. The molecule has 3 nitrogen and oxygen atoms in total. The molecule has 0 spiro atoms. The molecule has 0 bridgehead atoms. The first-order valence-electron chi connectivity index (χ1n) is 7.93. The molecule has 3 rings (SSSR count). The number of carbonyl (C=O) groups is 1. The zero-order valence-electron chi connectivity index (χ0n) is 13.4. The summed E-state index contributed by atoms with van der Waals surface area (Å²) in [5.41, 5.74) is 1.16. The Kier molecular flexibility index (Phi) is 5.81. The standard InChI is InChI=1S/C18H17ClF2N2OS/c19-14-11-13(3-5-15(14)20)22-18(24)12-2-4-16(21)17(10-12)23-6-1-8-25-9-7-23/h2-5,10-11H,1,6-9H2,(H,22,24). The minimum atomic E-state index is -0.553. The third-order valence-corrected chi connectivity index (χ3v) is 5.29. The van der Waals surface area contributed by atoms with E-state index in [-0.39, 0.29) is 10.8 Å². The molecule has 25 heavy (non-hydrogen) atoms. The van der Waals surface area contributed by atoms with Crippen molar-refractivity contribution in [2.75, 3.05) is 34.8 Å². The number of halogens is 3. The van der Waals surface area contributed by atoms with Gasteiger partial charge in [-0.05, 0) is 48.6 Å². The first-order valence-corrected chi connectivity index (χ1v) is 9.46. The summed E-state index contributed by atoms with van der Waals surface area (Å²) in [4.78, 5) is 14.4. The van der Waals surface area contributed by atoms with Crippen molar-refractivity contribution in [1.82, 2.24) is 0 Å². The Balaban J connectivity index is 1.80. The third-order valence-electron chi connectivity index (χ3n) is 3.95. The average molecular weight is 383 g/mol. The van der Waals surface area contributed by atoms with Gasteiger partial charge in [-0.2, -0.15) is 11.8 Å². The largest absolute Gasteiger partial charge is 0.368 e. The predicted octanol–water partition coefficient (Wildman–Crippen LogP) is 4.81. The molecule has 2 aromatic carbocycles. The van der Waals surface area contributed by atoms with Crippen molar-refractivity contribution in [1.29, 1.82) is 0 Å². The van der Waals surface area contributed by atoms with E-state index in [0.29, 0.717) is 16.9 Å². The normalized spacial score (nSPS) is 14.9. The molecule has 1 aliphatic heterocycles. The Labute approximate surface area is 154 Å². The van der Waals surface area contributed by atoms with Gasteiger partial charge in [0.1, 0.15) is 11.6 Å². The molecule has 1 amide bonds. The van der Waals surface area contributed by atoms with Crippen LogP contribution in [0.15, 0.2) is 36.4 Å². The van der Waals surface area contributed by atoms with E-state index >= 15 is 0 Å². The van der Waals surface area contributed by atoms with E-state index in [0.717, 1.165) is 31.0 Å². The van der Waals surface area contributed by atoms with E-state index in [4.69, 9.17) is 11.6 Å². The maximum atomic E-state index is 14.2. The van der Waals surface area contributed by atoms with Gasteiger partial charge in [0.15, 0.2) is 0 Å². The minimum Gasteiger partial charge on any atom is -0.368 e.